The highest BCUT2D eigenvalue weighted by atomic mass is 32.1. The molecule has 0 aliphatic rings. The number of H-pyrrole nitrogens is 1. The van der Waals surface area contributed by atoms with Gasteiger partial charge in [-0.1, -0.05) is 19.9 Å². The van der Waals surface area contributed by atoms with Crippen molar-refractivity contribution in [2.75, 3.05) is 0 Å². The monoisotopic (exact) mass is 332 g/mol. The molecular formula is C16H16N2O2S2. The van der Waals surface area contributed by atoms with E-state index in [-0.39, 0.29) is 17.8 Å². The lowest BCUT2D eigenvalue weighted by Crippen LogP contribution is -2.15. The van der Waals surface area contributed by atoms with Crippen molar-refractivity contribution in [3.63, 3.8) is 0 Å². The summed E-state index contributed by atoms with van der Waals surface area (Å²) >= 11 is 2.87. The molecule has 0 aliphatic carbocycles. The zero-order valence-electron chi connectivity index (χ0n) is 12.4. The fourth-order valence-corrected chi connectivity index (χ4v) is 4.04. The number of ketones is 1. The van der Waals surface area contributed by atoms with E-state index in [1.807, 2.05) is 16.8 Å². The van der Waals surface area contributed by atoms with Crippen LogP contribution >= 0.6 is 22.7 Å². The number of carbonyl (C=O) groups is 1. The summed E-state index contributed by atoms with van der Waals surface area (Å²) in [5.74, 6) is 0.905. The third-order valence-electron chi connectivity index (χ3n) is 3.32. The van der Waals surface area contributed by atoms with Crippen molar-refractivity contribution in [2.24, 2.45) is 5.92 Å². The molecule has 0 aromatic carbocycles. The molecule has 22 heavy (non-hydrogen) atoms. The van der Waals surface area contributed by atoms with Gasteiger partial charge in [0.2, 0.25) is 0 Å². The number of fused-ring (bicyclic) bond motifs is 1. The molecule has 0 unspecified atom stereocenters. The van der Waals surface area contributed by atoms with Gasteiger partial charge in [-0.2, -0.15) is 0 Å². The Bertz CT molecular complexity index is 860. The van der Waals surface area contributed by atoms with Crippen LogP contribution in [0.4, 0.5) is 0 Å². The zero-order valence-corrected chi connectivity index (χ0v) is 14.0. The SMILES string of the molecule is CC(C)Cc1csc2nc(CC(=O)c3cccs3)[nH]c(=O)c12. The first-order valence-corrected chi connectivity index (χ1v) is 8.86. The standard InChI is InChI=1S/C16H16N2O2S2/c1-9(2)6-10-8-22-16-14(10)15(20)17-13(18-16)7-11(19)12-4-3-5-21-12/h3-5,8-9H,6-7H2,1-2H3,(H,17,18,20). The number of nitrogens with one attached hydrogen (secondary N) is 1. The second kappa shape index (κ2) is 6.14. The van der Waals surface area contributed by atoms with Crippen LogP contribution in [0.15, 0.2) is 27.7 Å². The van der Waals surface area contributed by atoms with E-state index in [0.717, 1.165) is 12.0 Å². The minimum absolute atomic E-state index is 0.0172. The second-order valence-electron chi connectivity index (χ2n) is 5.63. The van der Waals surface area contributed by atoms with Crippen molar-refractivity contribution in [2.45, 2.75) is 26.7 Å². The molecular weight excluding hydrogens is 316 g/mol. The normalized spacial score (nSPS) is 11.4. The van der Waals surface area contributed by atoms with Gasteiger partial charge in [-0.25, -0.2) is 4.98 Å². The fourth-order valence-electron chi connectivity index (χ4n) is 2.40. The molecule has 114 valence electrons. The number of Topliss-reactive ketones (excluding diaryl/α,β-unsaturated/α-hetero) is 1. The summed E-state index contributed by atoms with van der Waals surface area (Å²) in [4.78, 5) is 33.1. The van der Waals surface area contributed by atoms with Gasteiger partial charge in [-0.3, -0.25) is 9.59 Å². The molecule has 0 atom stereocenters. The van der Waals surface area contributed by atoms with Crippen LogP contribution in [0.3, 0.4) is 0 Å². The Hall–Kier alpha value is -1.79. The summed E-state index contributed by atoms with van der Waals surface area (Å²) in [6.45, 7) is 4.25. The molecule has 0 bridgehead atoms. The van der Waals surface area contributed by atoms with E-state index in [1.165, 1.54) is 22.7 Å². The third kappa shape index (κ3) is 3.03. The molecule has 0 aliphatic heterocycles. The van der Waals surface area contributed by atoms with Gasteiger partial charge in [0.15, 0.2) is 5.78 Å². The Kier molecular flexibility index (Phi) is 4.22. The number of rotatable bonds is 5. The van der Waals surface area contributed by atoms with E-state index in [1.54, 1.807) is 6.07 Å². The van der Waals surface area contributed by atoms with Gasteiger partial charge < -0.3 is 4.98 Å². The quantitative estimate of drug-likeness (QED) is 0.725. The highest BCUT2D eigenvalue weighted by Gasteiger charge is 2.15. The van der Waals surface area contributed by atoms with Crippen LogP contribution in [0.5, 0.6) is 0 Å². The van der Waals surface area contributed by atoms with Crippen molar-refractivity contribution in [3.8, 4) is 0 Å². The van der Waals surface area contributed by atoms with E-state index >= 15 is 0 Å². The van der Waals surface area contributed by atoms with Gasteiger partial charge in [-0.15, -0.1) is 22.7 Å². The molecule has 0 radical (unpaired) electrons. The molecule has 0 fully saturated rings. The van der Waals surface area contributed by atoms with Crippen molar-refractivity contribution in [1.29, 1.82) is 0 Å². The number of hydrogen-bond donors (Lipinski definition) is 1. The Labute approximate surface area is 135 Å². The van der Waals surface area contributed by atoms with Gasteiger partial charge in [0, 0.05) is 0 Å². The maximum absolute atomic E-state index is 12.3. The number of aromatic amines is 1. The smallest absolute Gasteiger partial charge is 0.259 e. The highest BCUT2D eigenvalue weighted by Crippen LogP contribution is 2.23. The lowest BCUT2D eigenvalue weighted by molar-refractivity contribution is 0.0994. The van der Waals surface area contributed by atoms with Crippen molar-refractivity contribution in [3.05, 3.63) is 49.5 Å². The van der Waals surface area contributed by atoms with Crippen LogP contribution in [0.2, 0.25) is 0 Å². The molecule has 0 saturated heterocycles. The molecule has 4 nitrogen and oxygen atoms in total. The van der Waals surface area contributed by atoms with Crippen LogP contribution in [0, 0.1) is 5.92 Å². The van der Waals surface area contributed by atoms with E-state index in [9.17, 15) is 9.59 Å². The average Bonchev–Trinajstić information content (AvgIpc) is 3.08. The van der Waals surface area contributed by atoms with E-state index in [4.69, 9.17) is 0 Å². The molecule has 6 heteroatoms. The van der Waals surface area contributed by atoms with Crippen molar-refractivity contribution in [1.82, 2.24) is 9.97 Å². The maximum atomic E-state index is 12.3. The fraction of sp³-hybridized carbons (Fsp3) is 0.312. The van der Waals surface area contributed by atoms with Crippen LogP contribution in [0.1, 0.15) is 34.9 Å². The molecule has 3 aromatic rings. The average molecular weight is 332 g/mol. The largest absolute Gasteiger partial charge is 0.310 e. The minimum Gasteiger partial charge on any atom is -0.310 e. The second-order valence-corrected chi connectivity index (χ2v) is 7.43. The summed E-state index contributed by atoms with van der Waals surface area (Å²) in [6.07, 6.45) is 0.987. The third-order valence-corrected chi connectivity index (χ3v) is 5.15. The lowest BCUT2D eigenvalue weighted by Gasteiger charge is -2.03. The molecule has 1 N–H and O–H groups in total. The maximum Gasteiger partial charge on any atom is 0.259 e. The molecule has 0 amide bonds. The van der Waals surface area contributed by atoms with Crippen LogP contribution in [0.25, 0.3) is 10.2 Å². The zero-order chi connectivity index (χ0) is 15.7. The minimum atomic E-state index is -0.143. The summed E-state index contributed by atoms with van der Waals surface area (Å²) in [6, 6.07) is 3.63. The van der Waals surface area contributed by atoms with Crippen LogP contribution in [-0.4, -0.2) is 15.8 Å². The lowest BCUT2D eigenvalue weighted by atomic mass is 10.0. The molecule has 3 aromatic heterocycles. The van der Waals surface area contributed by atoms with Gasteiger partial charge in [0.05, 0.1) is 16.7 Å². The molecule has 3 rings (SSSR count). The predicted octanol–water partition coefficient (Wildman–Crippen LogP) is 3.67. The Morgan fingerprint density at radius 3 is 2.86 bits per heavy atom. The molecule has 3 heterocycles. The van der Waals surface area contributed by atoms with Crippen LogP contribution in [-0.2, 0) is 12.8 Å². The first kappa shape index (κ1) is 15.1. The highest BCUT2D eigenvalue weighted by molar-refractivity contribution is 7.16. The summed E-state index contributed by atoms with van der Waals surface area (Å²) in [5, 5.41) is 4.54. The van der Waals surface area contributed by atoms with E-state index in [0.29, 0.717) is 26.8 Å². The predicted molar refractivity (Wildman–Crippen MR) is 91.1 cm³/mol. The van der Waals surface area contributed by atoms with Gasteiger partial charge in [0.25, 0.3) is 5.56 Å². The van der Waals surface area contributed by atoms with Crippen molar-refractivity contribution >= 4 is 38.7 Å². The number of hydrogen-bond acceptors (Lipinski definition) is 5. The van der Waals surface area contributed by atoms with E-state index in [2.05, 4.69) is 23.8 Å². The van der Waals surface area contributed by atoms with Gasteiger partial charge >= 0.3 is 0 Å². The summed E-state index contributed by atoms with van der Waals surface area (Å²) in [5.41, 5.74) is 0.899. The first-order valence-electron chi connectivity index (χ1n) is 7.10. The number of thiophene rings is 2. The van der Waals surface area contributed by atoms with Crippen molar-refractivity contribution < 1.29 is 4.79 Å². The first-order chi connectivity index (χ1) is 10.5. The van der Waals surface area contributed by atoms with E-state index < -0.39 is 0 Å². The van der Waals surface area contributed by atoms with Gasteiger partial charge in [0.1, 0.15) is 10.7 Å². The number of carbonyl (C=O) groups excluding carboxylic acids is 1. The summed E-state index contributed by atoms with van der Waals surface area (Å²) < 4.78 is 0. The Morgan fingerprint density at radius 1 is 1.36 bits per heavy atom. The topological polar surface area (TPSA) is 62.8 Å². The number of nitrogens with zero attached hydrogens (tertiary/aromatic N) is 1. The summed E-state index contributed by atoms with van der Waals surface area (Å²) in [7, 11) is 0. The van der Waals surface area contributed by atoms with Crippen LogP contribution < -0.4 is 5.56 Å². The molecule has 0 spiro atoms. The Balaban J connectivity index is 1.93. The Morgan fingerprint density at radius 2 is 2.18 bits per heavy atom. The van der Waals surface area contributed by atoms with Gasteiger partial charge in [-0.05, 0) is 34.7 Å². The number of aromatic nitrogens is 2. The molecule has 0 saturated carbocycles.